The van der Waals surface area contributed by atoms with E-state index in [0.29, 0.717) is 18.2 Å². The zero-order valence-corrected chi connectivity index (χ0v) is 10.2. The highest BCUT2D eigenvalue weighted by atomic mass is 35.5. The molecule has 0 bridgehead atoms. The minimum atomic E-state index is 0.163. The molecule has 0 aliphatic carbocycles. The van der Waals surface area contributed by atoms with Crippen LogP contribution >= 0.6 is 11.6 Å². The molecule has 0 saturated heterocycles. The van der Waals surface area contributed by atoms with Crippen LogP contribution in [0, 0.1) is 5.92 Å². The SMILES string of the molecule is CCC(CCCl)NC(=O)CCC(C)C. The van der Waals surface area contributed by atoms with E-state index < -0.39 is 0 Å². The number of alkyl halides is 1. The monoisotopic (exact) mass is 219 g/mol. The highest BCUT2D eigenvalue weighted by Gasteiger charge is 2.09. The summed E-state index contributed by atoms with van der Waals surface area (Å²) in [6.45, 7) is 6.33. The van der Waals surface area contributed by atoms with Crippen molar-refractivity contribution in [3.63, 3.8) is 0 Å². The summed E-state index contributed by atoms with van der Waals surface area (Å²) in [5.41, 5.74) is 0. The highest BCUT2D eigenvalue weighted by Crippen LogP contribution is 2.05. The lowest BCUT2D eigenvalue weighted by molar-refractivity contribution is -0.122. The number of carbonyl (C=O) groups excluding carboxylic acids is 1. The normalized spacial score (nSPS) is 12.9. The first-order chi connectivity index (χ1) is 6.60. The van der Waals surface area contributed by atoms with Crippen LogP contribution in [0.1, 0.15) is 46.5 Å². The fourth-order valence-corrected chi connectivity index (χ4v) is 1.49. The summed E-state index contributed by atoms with van der Waals surface area (Å²) in [4.78, 5) is 11.4. The number of nitrogens with one attached hydrogen (secondary N) is 1. The number of halogens is 1. The lowest BCUT2D eigenvalue weighted by Crippen LogP contribution is -2.34. The van der Waals surface area contributed by atoms with Gasteiger partial charge in [0.15, 0.2) is 0 Å². The molecular formula is C11H22ClNO. The van der Waals surface area contributed by atoms with Gasteiger partial charge in [0.25, 0.3) is 0 Å². The third-order valence-electron chi connectivity index (χ3n) is 2.26. The maximum absolute atomic E-state index is 11.4. The molecule has 0 aromatic carbocycles. The average Bonchev–Trinajstić information content (AvgIpc) is 2.14. The van der Waals surface area contributed by atoms with Crippen molar-refractivity contribution in [1.29, 1.82) is 0 Å². The Hall–Kier alpha value is -0.240. The Balaban J connectivity index is 3.67. The second-order valence-corrected chi connectivity index (χ2v) is 4.46. The van der Waals surface area contributed by atoms with Gasteiger partial charge in [-0.3, -0.25) is 4.79 Å². The number of hydrogen-bond donors (Lipinski definition) is 1. The van der Waals surface area contributed by atoms with Gasteiger partial charge in [-0.2, -0.15) is 0 Å². The minimum Gasteiger partial charge on any atom is -0.353 e. The van der Waals surface area contributed by atoms with Gasteiger partial charge in [-0.05, 0) is 25.2 Å². The van der Waals surface area contributed by atoms with Crippen molar-refractivity contribution in [3.05, 3.63) is 0 Å². The zero-order valence-electron chi connectivity index (χ0n) is 9.48. The molecule has 2 nitrogen and oxygen atoms in total. The largest absolute Gasteiger partial charge is 0.353 e. The third kappa shape index (κ3) is 7.19. The Labute approximate surface area is 92.4 Å². The van der Waals surface area contributed by atoms with Crippen molar-refractivity contribution in [2.45, 2.75) is 52.5 Å². The molecule has 0 heterocycles. The summed E-state index contributed by atoms with van der Waals surface area (Å²) >= 11 is 5.63. The van der Waals surface area contributed by atoms with E-state index in [2.05, 4.69) is 26.1 Å². The second kappa shape index (κ2) is 8.10. The third-order valence-corrected chi connectivity index (χ3v) is 2.48. The van der Waals surface area contributed by atoms with Crippen LogP contribution in [0.2, 0.25) is 0 Å². The molecule has 84 valence electrons. The second-order valence-electron chi connectivity index (χ2n) is 4.08. The van der Waals surface area contributed by atoms with Crippen molar-refractivity contribution in [2.75, 3.05) is 5.88 Å². The number of amides is 1. The first-order valence-electron chi connectivity index (χ1n) is 5.45. The molecule has 1 unspecified atom stereocenters. The number of rotatable bonds is 7. The number of carbonyl (C=O) groups is 1. The Kier molecular flexibility index (Phi) is 7.96. The smallest absolute Gasteiger partial charge is 0.220 e. The quantitative estimate of drug-likeness (QED) is 0.656. The fraction of sp³-hybridized carbons (Fsp3) is 0.909. The molecule has 0 rings (SSSR count). The maximum atomic E-state index is 11.4. The van der Waals surface area contributed by atoms with E-state index in [1.54, 1.807) is 0 Å². The van der Waals surface area contributed by atoms with Crippen LogP contribution in [0.15, 0.2) is 0 Å². The van der Waals surface area contributed by atoms with Crippen molar-refractivity contribution >= 4 is 17.5 Å². The van der Waals surface area contributed by atoms with Crippen LogP contribution in [-0.4, -0.2) is 17.8 Å². The molecule has 1 amide bonds. The van der Waals surface area contributed by atoms with Gasteiger partial charge < -0.3 is 5.32 Å². The summed E-state index contributed by atoms with van der Waals surface area (Å²) in [5.74, 6) is 1.37. The molecule has 0 aromatic rings. The molecule has 3 heteroatoms. The van der Waals surface area contributed by atoms with E-state index in [1.807, 2.05) is 0 Å². The van der Waals surface area contributed by atoms with E-state index in [1.165, 1.54) is 0 Å². The van der Waals surface area contributed by atoms with E-state index in [4.69, 9.17) is 11.6 Å². The topological polar surface area (TPSA) is 29.1 Å². The van der Waals surface area contributed by atoms with Gasteiger partial charge >= 0.3 is 0 Å². The minimum absolute atomic E-state index is 0.163. The predicted octanol–water partition coefficient (Wildman–Crippen LogP) is 2.95. The van der Waals surface area contributed by atoms with Crippen LogP contribution < -0.4 is 5.32 Å². The molecular weight excluding hydrogens is 198 g/mol. The van der Waals surface area contributed by atoms with Gasteiger partial charge in [0.2, 0.25) is 5.91 Å². The molecule has 0 aromatic heterocycles. The summed E-state index contributed by atoms with van der Waals surface area (Å²) in [7, 11) is 0. The van der Waals surface area contributed by atoms with Crippen LogP contribution in [-0.2, 0) is 4.79 Å². The van der Waals surface area contributed by atoms with Crippen molar-refractivity contribution < 1.29 is 4.79 Å². The molecule has 0 aliphatic rings. The lowest BCUT2D eigenvalue weighted by atomic mass is 10.1. The molecule has 0 fully saturated rings. The molecule has 1 atom stereocenters. The van der Waals surface area contributed by atoms with E-state index in [-0.39, 0.29) is 11.9 Å². The zero-order chi connectivity index (χ0) is 11.0. The maximum Gasteiger partial charge on any atom is 0.220 e. The van der Waals surface area contributed by atoms with Crippen LogP contribution in [0.5, 0.6) is 0 Å². The first-order valence-corrected chi connectivity index (χ1v) is 5.98. The van der Waals surface area contributed by atoms with E-state index in [9.17, 15) is 4.79 Å². The standard InChI is InChI=1S/C11H22ClNO/c1-4-10(7-8-12)13-11(14)6-5-9(2)3/h9-10H,4-8H2,1-3H3,(H,13,14). The predicted molar refractivity (Wildman–Crippen MR) is 61.6 cm³/mol. The van der Waals surface area contributed by atoms with Crippen molar-refractivity contribution in [1.82, 2.24) is 5.32 Å². The van der Waals surface area contributed by atoms with Gasteiger partial charge in [0, 0.05) is 18.3 Å². The van der Waals surface area contributed by atoms with Crippen molar-refractivity contribution in [3.8, 4) is 0 Å². The molecule has 0 aliphatic heterocycles. The average molecular weight is 220 g/mol. The van der Waals surface area contributed by atoms with Crippen LogP contribution in [0.25, 0.3) is 0 Å². The Morgan fingerprint density at radius 3 is 2.43 bits per heavy atom. The number of hydrogen-bond acceptors (Lipinski definition) is 1. The summed E-state index contributed by atoms with van der Waals surface area (Å²) in [6, 6.07) is 0.257. The van der Waals surface area contributed by atoms with Crippen LogP contribution in [0.3, 0.4) is 0 Å². The fourth-order valence-electron chi connectivity index (χ4n) is 1.23. The lowest BCUT2D eigenvalue weighted by Gasteiger charge is -2.15. The van der Waals surface area contributed by atoms with Gasteiger partial charge in [-0.15, -0.1) is 11.6 Å². The Bertz CT molecular complexity index is 159. The first kappa shape index (κ1) is 13.8. The van der Waals surface area contributed by atoms with E-state index in [0.717, 1.165) is 19.3 Å². The summed E-state index contributed by atoms with van der Waals surface area (Å²) in [6.07, 6.45) is 3.42. The Morgan fingerprint density at radius 2 is 2.00 bits per heavy atom. The van der Waals surface area contributed by atoms with Crippen molar-refractivity contribution in [2.24, 2.45) is 5.92 Å². The summed E-state index contributed by atoms with van der Waals surface area (Å²) < 4.78 is 0. The van der Waals surface area contributed by atoms with E-state index >= 15 is 0 Å². The molecule has 14 heavy (non-hydrogen) atoms. The van der Waals surface area contributed by atoms with Crippen LogP contribution in [0.4, 0.5) is 0 Å². The Morgan fingerprint density at radius 1 is 1.36 bits per heavy atom. The molecule has 1 N–H and O–H groups in total. The van der Waals surface area contributed by atoms with Gasteiger partial charge in [0.1, 0.15) is 0 Å². The molecule has 0 radical (unpaired) electrons. The van der Waals surface area contributed by atoms with Gasteiger partial charge in [-0.1, -0.05) is 20.8 Å². The van der Waals surface area contributed by atoms with Gasteiger partial charge in [0.05, 0.1) is 0 Å². The van der Waals surface area contributed by atoms with Gasteiger partial charge in [-0.25, -0.2) is 0 Å². The molecule has 0 saturated carbocycles. The summed E-state index contributed by atoms with van der Waals surface area (Å²) in [5, 5.41) is 3.00. The highest BCUT2D eigenvalue weighted by molar-refractivity contribution is 6.17. The molecule has 0 spiro atoms.